The van der Waals surface area contributed by atoms with Crippen LogP contribution in [0.1, 0.15) is 31.2 Å². The number of hydrogen-bond acceptors (Lipinski definition) is 3. The largest absolute Gasteiger partial charge is 0.365 e. The number of carbonyl (C=O) groups excluding carboxylic acids is 2. The number of quaternary nitrogens is 1. The number of carbonyl (C=O) groups is 2. The van der Waals surface area contributed by atoms with Gasteiger partial charge < -0.3 is 16.0 Å². The summed E-state index contributed by atoms with van der Waals surface area (Å²) in [4.78, 5) is 27.3. The molecule has 2 heterocycles. The van der Waals surface area contributed by atoms with Gasteiger partial charge in [-0.2, -0.15) is 0 Å². The van der Waals surface area contributed by atoms with Crippen LogP contribution >= 0.6 is 11.3 Å². The van der Waals surface area contributed by atoms with E-state index in [9.17, 15) is 9.59 Å². The Morgan fingerprint density at radius 1 is 1.15 bits per heavy atom. The van der Waals surface area contributed by atoms with Crippen molar-refractivity contribution in [1.82, 2.24) is 0 Å². The van der Waals surface area contributed by atoms with Crippen molar-refractivity contribution >= 4 is 38.9 Å². The highest BCUT2D eigenvalue weighted by Gasteiger charge is 2.28. The molecule has 4 rings (SSSR count). The number of amides is 2. The molecule has 0 saturated heterocycles. The smallest absolute Gasteiger partial charge is 0.256 e. The zero-order chi connectivity index (χ0) is 18.3. The van der Waals surface area contributed by atoms with Gasteiger partial charge in [0.2, 0.25) is 0 Å². The second-order valence-corrected chi connectivity index (χ2v) is 7.83. The van der Waals surface area contributed by atoms with Gasteiger partial charge in [-0.15, -0.1) is 11.3 Å². The number of thiophene rings is 1. The first-order valence-corrected chi connectivity index (χ1v) is 9.40. The molecule has 0 bridgehead atoms. The highest BCUT2D eigenvalue weighted by Crippen LogP contribution is 2.34. The molecular weight excluding hydrogens is 346 g/mol. The van der Waals surface area contributed by atoms with Gasteiger partial charge in [0.05, 0.1) is 24.0 Å². The predicted octanol–water partition coefficient (Wildman–Crippen LogP) is 1.82. The van der Waals surface area contributed by atoms with E-state index in [4.69, 9.17) is 5.73 Å². The minimum absolute atomic E-state index is 0.224. The van der Waals surface area contributed by atoms with Gasteiger partial charge in [0.15, 0.2) is 0 Å². The van der Waals surface area contributed by atoms with Crippen LogP contribution in [-0.2, 0) is 13.0 Å². The van der Waals surface area contributed by atoms with Gasteiger partial charge >= 0.3 is 0 Å². The summed E-state index contributed by atoms with van der Waals surface area (Å²) >= 11 is 1.47. The van der Waals surface area contributed by atoms with Crippen LogP contribution in [0.15, 0.2) is 42.5 Å². The summed E-state index contributed by atoms with van der Waals surface area (Å²) in [6.45, 7) is 1.81. The zero-order valence-corrected chi connectivity index (χ0v) is 15.3. The fraction of sp³-hybridized carbons (Fsp3) is 0.200. The van der Waals surface area contributed by atoms with Crippen molar-refractivity contribution in [2.24, 2.45) is 5.73 Å². The minimum Gasteiger partial charge on any atom is -0.365 e. The molecule has 1 aliphatic rings. The van der Waals surface area contributed by atoms with E-state index in [1.807, 2.05) is 36.4 Å². The first kappa shape index (κ1) is 16.8. The van der Waals surface area contributed by atoms with Crippen molar-refractivity contribution in [3.8, 4) is 0 Å². The normalized spacial score (nSPS) is 16.3. The molecule has 1 aromatic heterocycles. The summed E-state index contributed by atoms with van der Waals surface area (Å²) in [5, 5.41) is 5.57. The Labute approximate surface area is 155 Å². The molecule has 0 fully saturated rings. The molecule has 6 heteroatoms. The van der Waals surface area contributed by atoms with E-state index in [0.717, 1.165) is 40.7 Å². The quantitative estimate of drug-likeness (QED) is 0.661. The third-order valence-electron chi connectivity index (χ3n) is 4.84. The molecule has 2 amide bonds. The molecular formula is C20H20N3O2S+. The van der Waals surface area contributed by atoms with E-state index in [-0.39, 0.29) is 5.91 Å². The lowest BCUT2D eigenvalue weighted by Gasteiger charge is -2.19. The van der Waals surface area contributed by atoms with E-state index < -0.39 is 5.91 Å². The lowest BCUT2D eigenvalue weighted by molar-refractivity contribution is -0.895. The molecule has 1 aliphatic heterocycles. The Balaban J connectivity index is 1.67. The van der Waals surface area contributed by atoms with E-state index in [2.05, 4.69) is 12.4 Å². The number of hydrogen-bond donors (Lipinski definition) is 3. The minimum atomic E-state index is -0.476. The Morgan fingerprint density at radius 3 is 2.69 bits per heavy atom. The Morgan fingerprint density at radius 2 is 1.92 bits per heavy atom. The van der Waals surface area contributed by atoms with Crippen LogP contribution in [0.3, 0.4) is 0 Å². The molecule has 4 N–H and O–H groups in total. The van der Waals surface area contributed by atoms with Crippen molar-refractivity contribution in [2.75, 3.05) is 18.9 Å². The fourth-order valence-corrected chi connectivity index (χ4v) is 4.84. The number of nitrogens with two attached hydrogens (primary N) is 1. The standard InChI is InChI=1S/C20H19N3O2S/c1-23-9-8-15-16(11-23)26-20(17(15)18(21)24)22-19(25)14-7-6-12-4-2-3-5-13(12)10-14/h2-7,10H,8-9,11H2,1H3,(H2,21,24)(H,22,25)/p+1. The summed E-state index contributed by atoms with van der Waals surface area (Å²) in [5.41, 5.74) is 7.66. The van der Waals surface area contributed by atoms with Crippen LogP contribution < -0.4 is 16.0 Å². The summed E-state index contributed by atoms with van der Waals surface area (Å²) in [5.74, 6) is -0.701. The maximum Gasteiger partial charge on any atom is 0.256 e. The first-order valence-electron chi connectivity index (χ1n) is 8.58. The number of fused-ring (bicyclic) bond motifs is 2. The van der Waals surface area contributed by atoms with Crippen LogP contribution in [0.5, 0.6) is 0 Å². The van der Waals surface area contributed by atoms with E-state index in [0.29, 0.717) is 16.1 Å². The van der Waals surface area contributed by atoms with Crippen LogP contribution in [0.4, 0.5) is 5.00 Å². The Hall–Kier alpha value is -2.70. The van der Waals surface area contributed by atoms with Crippen molar-refractivity contribution < 1.29 is 14.5 Å². The van der Waals surface area contributed by atoms with E-state index in [1.165, 1.54) is 16.2 Å². The first-order chi connectivity index (χ1) is 12.5. The van der Waals surface area contributed by atoms with Crippen molar-refractivity contribution in [3.63, 3.8) is 0 Å². The maximum atomic E-state index is 12.7. The fourth-order valence-electron chi connectivity index (χ4n) is 3.47. The summed E-state index contributed by atoms with van der Waals surface area (Å²) < 4.78 is 0. The van der Waals surface area contributed by atoms with Gasteiger partial charge in [0, 0.05) is 12.0 Å². The summed E-state index contributed by atoms with van der Waals surface area (Å²) in [7, 11) is 2.12. The highest BCUT2D eigenvalue weighted by atomic mass is 32.1. The third-order valence-corrected chi connectivity index (χ3v) is 5.99. The number of nitrogens with one attached hydrogen (secondary N) is 2. The van der Waals surface area contributed by atoms with Crippen LogP contribution in [-0.4, -0.2) is 25.4 Å². The molecule has 26 heavy (non-hydrogen) atoms. The number of rotatable bonds is 3. The number of primary amides is 1. The van der Waals surface area contributed by atoms with E-state index >= 15 is 0 Å². The Bertz CT molecular complexity index is 1030. The molecule has 0 spiro atoms. The van der Waals surface area contributed by atoms with Crippen LogP contribution in [0.25, 0.3) is 10.8 Å². The second-order valence-electron chi connectivity index (χ2n) is 6.72. The molecule has 2 aromatic carbocycles. The SMILES string of the molecule is C[NH+]1CCc2c(sc(NC(=O)c3ccc4ccccc4c3)c2C(N)=O)C1. The molecule has 0 saturated carbocycles. The van der Waals surface area contributed by atoms with Gasteiger partial charge in [-0.3, -0.25) is 9.59 Å². The van der Waals surface area contributed by atoms with Crippen molar-refractivity contribution in [2.45, 2.75) is 13.0 Å². The summed E-state index contributed by atoms with van der Waals surface area (Å²) in [6.07, 6.45) is 0.807. The van der Waals surface area contributed by atoms with Crippen LogP contribution in [0.2, 0.25) is 0 Å². The van der Waals surface area contributed by atoms with Gasteiger partial charge in [-0.25, -0.2) is 0 Å². The average molecular weight is 366 g/mol. The summed E-state index contributed by atoms with van der Waals surface area (Å²) in [6, 6.07) is 13.5. The third kappa shape index (κ3) is 2.98. The number of likely N-dealkylation sites (N-methyl/N-ethyl adjacent to an activating group) is 1. The molecule has 132 valence electrons. The van der Waals surface area contributed by atoms with Gasteiger partial charge in [0.1, 0.15) is 11.5 Å². The average Bonchev–Trinajstić information content (AvgIpc) is 2.98. The lowest BCUT2D eigenvalue weighted by Crippen LogP contribution is -3.08. The molecule has 3 aromatic rings. The Kier molecular flexibility index (Phi) is 4.22. The highest BCUT2D eigenvalue weighted by molar-refractivity contribution is 7.17. The lowest BCUT2D eigenvalue weighted by atomic mass is 10.0. The number of benzene rings is 2. The number of anilines is 1. The monoisotopic (exact) mass is 366 g/mol. The zero-order valence-electron chi connectivity index (χ0n) is 14.5. The second kappa shape index (κ2) is 6.55. The van der Waals surface area contributed by atoms with Gasteiger partial charge in [-0.1, -0.05) is 30.3 Å². The molecule has 5 nitrogen and oxygen atoms in total. The molecule has 0 radical (unpaired) electrons. The van der Waals surface area contributed by atoms with E-state index in [1.54, 1.807) is 6.07 Å². The van der Waals surface area contributed by atoms with Crippen LogP contribution in [0, 0.1) is 0 Å². The predicted molar refractivity (Wildman–Crippen MR) is 104 cm³/mol. The van der Waals surface area contributed by atoms with Crippen molar-refractivity contribution in [3.05, 3.63) is 64.0 Å². The molecule has 0 aliphatic carbocycles. The van der Waals surface area contributed by atoms with Gasteiger partial charge in [-0.05, 0) is 28.5 Å². The molecule has 1 atom stereocenters. The molecule has 1 unspecified atom stereocenters. The maximum absolute atomic E-state index is 12.7. The van der Waals surface area contributed by atoms with Crippen molar-refractivity contribution in [1.29, 1.82) is 0 Å². The topological polar surface area (TPSA) is 76.6 Å². The van der Waals surface area contributed by atoms with Gasteiger partial charge in [0.25, 0.3) is 11.8 Å².